The molecule has 1 aliphatic rings. The average Bonchev–Trinajstić information content (AvgIpc) is 2.67. The molecule has 3 atom stereocenters. The van der Waals surface area contributed by atoms with Gasteiger partial charge in [-0.15, -0.1) is 0 Å². The molecule has 0 heterocycles. The van der Waals surface area contributed by atoms with Crippen LogP contribution < -0.4 is 5.73 Å². The minimum atomic E-state index is -0.263. The number of benzene rings is 1. The third kappa shape index (κ3) is 2.38. The van der Waals surface area contributed by atoms with E-state index < -0.39 is 0 Å². The average molecular weight is 242 g/mol. The predicted octanol–water partition coefficient (Wildman–Crippen LogP) is 3.92. The third-order valence-electron chi connectivity index (χ3n) is 3.56. The maximum Gasteiger partial charge on any atom is 0.123 e. The molecular formula is C13H17ClFN. The van der Waals surface area contributed by atoms with E-state index in [1.165, 1.54) is 18.6 Å². The lowest BCUT2D eigenvalue weighted by Gasteiger charge is -2.20. The zero-order valence-electron chi connectivity index (χ0n) is 9.42. The smallest absolute Gasteiger partial charge is 0.123 e. The molecule has 0 spiro atoms. The van der Waals surface area contributed by atoms with E-state index in [0.29, 0.717) is 10.9 Å². The summed E-state index contributed by atoms with van der Waals surface area (Å²) in [6, 6.07) is 4.30. The molecule has 0 aliphatic heterocycles. The van der Waals surface area contributed by atoms with Crippen LogP contribution in [0.15, 0.2) is 18.2 Å². The fourth-order valence-corrected chi connectivity index (χ4v) is 2.84. The molecule has 1 fully saturated rings. The van der Waals surface area contributed by atoms with Gasteiger partial charge in [-0.3, -0.25) is 0 Å². The summed E-state index contributed by atoms with van der Waals surface area (Å²) in [5.74, 6) is 0.901. The molecule has 3 heteroatoms. The van der Waals surface area contributed by atoms with Gasteiger partial charge in [0.25, 0.3) is 0 Å². The molecule has 1 nitrogen and oxygen atoms in total. The van der Waals surface area contributed by atoms with E-state index in [4.69, 9.17) is 17.3 Å². The Balaban J connectivity index is 2.20. The van der Waals surface area contributed by atoms with E-state index in [0.717, 1.165) is 24.3 Å². The Morgan fingerprint density at radius 2 is 2.19 bits per heavy atom. The molecule has 1 aliphatic carbocycles. The second-order valence-corrected chi connectivity index (χ2v) is 5.28. The van der Waals surface area contributed by atoms with Crippen molar-refractivity contribution in [2.75, 3.05) is 0 Å². The number of hydrogen-bond acceptors (Lipinski definition) is 1. The van der Waals surface area contributed by atoms with E-state index >= 15 is 0 Å². The van der Waals surface area contributed by atoms with Gasteiger partial charge in [-0.25, -0.2) is 4.39 Å². The van der Waals surface area contributed by atoms with Crippen LogP contribution in [-0.2, 0) is 0 Å². The van der Waals surface area contributed by atoms with Crippen molar-refractivity contribution in [2.24, 2.45) is 17.6 Å². The first-order chi connectivity index (χ1) is 7.58. The van der Waals surface area contributed by atoms with Crippen molar-refractivity contribution in [3.05, 3.63) is 34.6 Å². The van der Waals surface area contributed by atoms with Gasteiger partial charge in [-0.05, 0) is 48.4 Å². The summed E-state index contributed by atoms with van der Waals surface area (Å²) >= 11 is 6.06. The summed E-state index contributed by atoms with van der Waals surface area (Å²) < 4.78 is 13.2. The molecule has 1 aromatic rings. The van der Waals surface area contributed by atoms with Crippen molar-refractivity contribution >= 4 is 11.6 Å². The van der Waals surface area contributed by atoms with Gasteiger partial charge in [0.1, 0.15) is 5.82 Å². The number of halogens is 2. The molecule has 16 heavy (non-hydrogen) atoms. The van der Waals surface area contributed by atoms with E-state index in [1.54, 1.807) is 6.07 Å². The molecule has 1 saturated carbocycles. The summed E-state index contributed by atoms with van der Waals surface area (Å²) in [7, 11) is 0. The van der Waals surface area contributed by atoms with Gasteiger partial charge in [-0.1, -0.05) is 24.9 Å². The number of hydrogen-bond donors (Lipinski definition) is 1. The van der Waals surface area contributed by atoms with Crippen molar-refractivity contribution < 1.29 is 4.39 Å². The van der Waals surface area contributed by atoms with E-state index in [9.17, 15) is 4.39 Å². The second kappa shape index (κ2) is 4.72. The van der Waals surface area contributed by atoms with Crippen molar-refractivity contribution in [1.82, 2.24) is 0 Å². The van der Waals surface area contributed by atoms with Crippen LogP contribution in [0.4, 0.5) is 4.39 Å². The van der Waals surface area contributed by atoms with Crippen LogP contribution in [0.5, 0.6) is 0 Å². The Hall–Kier alpha value is -0.600. The first kappa shape index (κ1) is 11.9. The zero-order chi connectivity index (χ0) is 11.7. The Kier molecular flexibility index (Phi) is 3.50. The van der Waals surface area contributed by atoms with E-state index in [1.807, 2.05) is 0 Å². The minimum absolute atomic E-state index is 0.131. The van der Waals surface area contributed by atoms with Crippen LogP contribution >= 0.6 is 11.6 Å². The van der Waals surface area contributed by atoms with E-state index in [2.05, 4.69) is 6.92 Å². The van der Waals surface area contributed by atoms with Crippen LogP contribution in [0, 0.1) is 17.7 Å². The summed E-state index contributed by atoms with van der Waals surface area (Å²) in [5, 5.41) is 0.577. The fraction of sp³-hybridized carbons (Fsp3) is 0.538. The van der Waals surface area contributed by atoms with Crippen LogP contribution in [0.3, 0.4) is 0 Å². The van der Waals surface area contributed by atoms with Gasteiger partial charge in [-0.2, -0.15) is 0 Å². The lowest BCUT2D eigenvalue weighted by atomic mass is 9.91. The van der Waals surface area contributed by atoms with Crippen molar-refractivity contribution in [3.8, 4) is 0 Å². The highest BCUT2D eigenvalue weighted by Gasteiger charge is 2.28. The standard InChI is InChI=1S/C13H17ClFN/c1-8-2-3-9(6-8)13(16)11-7-10(15)4-5-12(11)14/h4-5,7-9,13H,2-3,6,16H2,1H3. The molecule has 2 rings (SSSR count). The predicted molar refractivity (Wildman–Crippen MR) is 64.8 cm³/mol. The molecule has 0 bridgehead atoms. The van der Waals surface area contributed by atoms with E-state index in [-0.39, 0.29) is 11.9 Å². The highest BCUT2D eigenvalue weighted by Crippen LogP contribution is 2.39. The number of rotatable bonds is 2. The van der Waals surface area contributed by atoms with Gasteiger partial charge in [0, 0.05) is 11.1 Å². The Morgan fingerprint density at radius 3 is 2.81 bits per heavy atom. The lowest BCUT2D eigenvalue weighted by Crippen LogP contribution is -2.20. The molecule has 0 radical (unpaired) electrons. The van der Waals surface area contributed by atoms with Crippen LogP contribution in [-0.4, -0.2) is 0 Å². The Labute approximate surface area is 101 Å². The zero-order valence-corrected chi connectivity index (χ0v) is 10.2. The Bertz CT molecular complexity index is 380. The van der Waals surface area contributed by atoms with Gasteiger partial charge in [0.05, 0.1) is 0 Å². The SMILES string of the molecule is CC1CCC(C(N)c2cc(F)ccc2Cl)C1. The van der Waals surface area contributed by atoms with Crippen molar-refractivity contribution in [3.63, 3.8) is 0 Å². The van der Waals surface area contributed by atoms with Crippen molar-refractivity contribution in [1.29, 1.82) is 0 Å². The monoisotopic (exact) mass is 241 g/mol. The first-order valence-electron chi connectivity index (χ1n) is 5.78. The van der Waals surface area contributed by atoms with Crippen molar-refractivity contribution in [2.45, 2.75) is 32.2 Å². The Morgan fingerprint density at radius 1 is 1.44 bits per heavy atom. The topological polar surface area (TPSA) is 26.0 Å². The molecule has 0 amide bonds. The summed E-state index contributed by atoms with van der Waals surface area (Å²) in [4.78, 5) is 0. The largest absolute Gasteiger partial charge is 0.324 e. The normalized spacial score (nSPS) is 27.0. The molecule has 88 valence electrons. The highest BCUT2D eigenvalue weighted by atomic mass is 35.5. The fourth-order valence-electron chi connectivity index (χ4n) is 2.60. The third-order valence-corrected chi connectivity index (χ3v) is 3.90. The molecule has 3 unspecified atom stereocenters. The molecule has 0 aromatic heterocycles. The summed E-state index contributed by atoms with van der Waals surface area (Å²) in [6.07, 6.45) is 3.45. The second-order valence-electron chi connectivity index (χ2n) is 4.87. The van der Waals surface area contributed by atoms with Gasteiger partial charge in [0.15, 0.2) is 0 Å². The molecule has 1 aromatic carbocycles. The minimum Gasteiger partial charge on any atom is -0.324 e. The lowest BCUT2D eigenvalue weighted by molar-refractivity contribution is 0.427. The van der Waals surface area contributed by atoms with Gasteiger partial charge >= 0.3 is 0 Å². The summed E-state index contributed by atoms with van der Waals surface area (Å²) in [6.45, 7) is 2.24. The van der Waals surface area contributed by atoms with Crippen LogP contribution in [0.2, 0.25) is 5.02 Å². The molecule has 0 saturated heterocycles. The number of nitrogens with two attached hydrogens (primary N) is 1. The van der Waals surface area contributed by atoms with Crippen LogP contribution in [0.1, 0.15) is 37.8 Å². The molecular weight excluding hydrogens is 225 g/mol. The quantitative estimate of drug-likeness (QED) is 0.835. The van der Waals surface area contributed by atoms with Gasteiger partial charge in [0.2, 0.25) is 0 Å². The van der Waals surface area contributed by atoms with Crippen LogP contribution in [0.25, 0.3) is 0 Å². The van der Waals surface area contributed by atoms with Gasteiger partial charge < -0.3 is 5.73 Å². The summed E-state index contributed by atoms with van der Waals surface area (Å²) in [5.41, 5.74) is 6.93. The maximum absolute atomic E-state index is 13.2. The maximum atomic E-state index is 13.2. The first-order valence-corrected chi connectivity index (χ1v) is 6.16. The molecule has 2 N–H and O–H groups in total. The highest BCUT2D eigenvalue weighted by molar-refractivity contribution is 6.31.